The lowest BCUT2D eigenvalue weighted by Gasteiger charge is -2.09. The van der Waals surface area contributed by atoms with Gasteiger partial charge in [0.1, 0.15) is 0 Å². The minimum absolute atomic E-state index is 0.00703. The van der Waals surface area contributed by atoms with Crippen molar-refractivity contribution in [3.63, 3.8) is 0 Å². The normalized spacial score (nSPS) is 17.1. The van der Waals surface area contributed by atoms with Crippen molar-refractivity contribution in [2.75, 3.05) is 12.4 Å². The molecule has 0 aromatic heterocycles. The molecule has 0 N–H and O–H groups in total. The number of rotatable bonds is 6. The molecule has 0 radical (unpaired) electrons. The Labute approximate surface area is 152 Å². The zero-order chi connectivity index (χ0) is 18.7. The third-order valence-corrected chi connectivity index (χ3v) is 6.39. The van der Waals surface area contributed by atoms with E-state index < -0.39 is 21.7 Å². The van der Waals surface area contributed by atoms with Gasteiger partial charge in [-0.05, 0) is 36.6 Å². The van der Waals surface area contributed by atoms with E-state index in [1.165, 1.54) is 12.1 Å². The number of esters is 1. The van der Waals surface area contributed by atoms with E-state index in [2.05, 4.69) is 0 Å². The molecule has 0 amide bonds. The second-order valence-corrected chi connectivity index (χ2v) is 8.53. The molecular formula is C20H20O5S. The largest absolute Gasteiger partial charge is 0.465 e. The van der Waals surface area contributed by atoms with Gasteiger partial charge in [0.15, 0.2) is 15.6 Å². The molecule has 1 fully saturated rings. The van der Waals surface area contributed by atoms with Crippen molar-refractivity contribution >= 4 is 21.6 Å². The predicted molar refractivity (Wildman–Crippen MR) is 96.8 cm³/mol. The van der Waals surface area contributed by atoms with Crippen molar-refractivity contribution in [3.8, 4) is 0 Å². The van der Waals surface area contributed by atoms with Gasteiger partial charge in [0.2, 0.25) is 0 Å². The Balaban J connectivity index is 1.71. The van der Waals surface area contributed by atoms with Crippen LogP contribution in [0.5, 0.6) is 0 Å². The van der Waals surface area contributed by atoms with Crippen LogP contribution < -0.4 is 0 Å². The van der Waals surface area contributed by atoms with Gasteiger partial charge in [-0.1, -0.05) is 36.4 Å². The molecule has 2 aromatic carbocycles. The molecule has 26 heavy (non-hydrogen) atoms. The summed E-state index contributed by atoms with van der Waals surface area (Å²) >= 11 is 0. The SMILES string of the molecule is Cc1ccccc1C(=O)Cc1ccc(S(=O)(=O)C[C@H]2CCOC2=O)cc1. The highest BCUT2D eigenvalue weighted by molar-refractivity contribution is 7.91. The van der Waals surface area contributed by atoms with Gasteiger partial charge in [-0.25, -0.2) is 8.42 Å². The van der Waals surface area contributed by atoms with Crippen LogP contribution in [0.3, 0.4) is 0 Å². The van der Waals surface area contributed by atoms with Gasteiger partial charge in [0.05, 0.1) is 23.2 Å². The van der Waals surface area contributed by atoms with Gasteiger partial charge in [-0.15, -0.1) is 0 Å². The van der Waals surface area contributed by atoms with Gasteiger partial charge >= 0.3 is 5.97 Å². The number of sulfone groups is 1. The average Bonchev–Trinajstić information content (AvgIpc) is 3.00. The summed E-state index contributed by atoms with van der Waals surface area (Å²) in [5.74, 6) is -1.29. The standard InChI is InChI=1S/C20H20O5S/c1-14-4-2-3-5-18(14)19(21)12-15-6-8-17(9-7-15)26(23,24)13-16-10-11-25-20(16)22/h2-9,16H,10-13H2,1H3/t16-/m1/s1. The number of ketones is 1. The van der Waals surface area contributed by atoms with Crippen LogP contribution in [-0.4, -0.2) is 32.5 Å². The van der Waals surface area contributed by atoms with Gasteiger partial charge in [-0.3, -0.25) is 9.59 Å². The van der Waals surface area contributed by atoms with E-state index >= 15 is 0 Å². The van der Waals surface area contributed by atoms with Crippen molar-refractivity contribution in [2.24, 2.45) is 5.92 Å². The quantitative estimate of drug-likeness (QED) is 0.576. The first-order chi connectivity index (χ1) is 12.4. The fraction of sp³-hybridized carbons (Fsp3) is 0.300. The van der Waals surface area contributed by atoms with Crippen LogP contribution in [-0.2, 0) is 25.8 Å². The Hall–Kier alpha value is -2.47. The third kappa shape index (κ3) is 4.02. The molecule has 2 aromatic rings. The second kappa shape index (κ2) is 7.41. The number of Topliss-reactive ketones (excluding diaryl/α,β-unsaturated/α-hetero) is 1. The van der Waals surface area contributed by atoms with E-state index in [4.69, 9.17) is 4.74 Å². The third-order valence-electron chi connectivity index (χ3n) is 4.56. The lowest BCUT2D eigenvalue weighted by Crippen LogP contribution is -2.20. The van der Waals surface area contributed by atoms with Crippen LogP contribution >= 0.6 is 0 Å². The van der Waals surface area contributed by atoms with Gasteiger partial charge in [-0.2, -0.15) is 0 Å². The van der Waals surface area contributed by atoms with E-state index in [1.807, 2.05) is 25.1 Å². The van der Waals surface area contributed by atoms with Crippen molar-refractivity contribution in [1.82, 2.24) is 0 Å². The van der Waals surface area contributed by atoms with Crippen LogP contribution in [0.4, 0.5) is 0 Å². The number of benzene rings is 2. The lowest BCUT2D eigenvalue weighted by atomic mass is 9.99. The zero-order valence-corrected chi connectivity index (χ0v) is 15.3. The number of carbonyl (C=O) groups excluding carboxylic acids is 2. The van der Waals surface area contributed by atoms with Crippen LogP contribution in [0.15, 0.2) is 53.4 Å². The number of carbonyl (C=O) groups is 2. The predicted octanol–water partition coefficient (Wildman–Crippen LogP) is 2.76. The molecule has 0 unspecified atom stereocenters. The molecule has 1 heterocycles. The van der Waals surface area contributed by atoms with E-state index in [0.717, 1.165) is 11.1 Å². The average molecular weight is 372 g/mol. The number of hydrogen-bond donors (Lipinski definition) is 0. The number of ether oxygens (including phenoxy) is 1. The Morgan fingerprint density at radius 2 is 1.81 bits per heavy atom. The molecule has 1 atom stereocenters. The minimum atomic E-state index is -3.57. The summed E-state index contributed by atoms with van der Waals surface area (Å²) in [4.78, 5) is 24.1. The molecule has 1 aliphatic heterocycles. The van der Waals surface area contributed by atoms with Crippen molar-refractivity contribution in [2.45, 2.75) is 24.7 Å². The monoisotopic (exact) mass is 372 g/mol. The van der Waals surface area contributed by atoms with E-state index in [0.29, 0.717) is 12.0 Å². The van der Waals surface area contributed by atoms with Crippen LogP contribution in [0.25, 0.3) is 0 Å². The maximum absolute atomic E-state index is 12.5. The van der Waals surface area contributed by atoms with Crippen molar-refractivity contribution in [3.05, 3.63) is 65.2 Å². The fourth-order valence-electron chi connectivity index (χ4n) is 3.03. The summed E-state index contributed by atoms with van der Waals surface area (Å²) in [7, 11) is -3.57. The maximum Gasteiger partial charge on any atom is 0.310 e. The maximum atomic E-state index is 12.5. The number of cyclic esters (lactones) is 1. The zero-order valence-electron chi connectivity index (χ0n) is 14.5. The topological polar surface area (TPSA) is 77.5 Å². The fourth-order valence-corrected chi connectivity index (χ4v) is 4.61. The highest BCUT2D eigenvalue weighted by atomic mass is 32.2. The van der Waals surface area contributed by atoms with Crippen molar-refractivity contribution in [1.29, 1.82) is 0 Å². The Morgan fingerprint density at radius 3 is 2.42 bits per heavy atom. The summed E-state index contributed by atoms with van der Waals surface area (Å²) in [6.07, 6.45) is 0.640. The smallest absolute Gasteiger partial charge is 0.310 e. The molecule has 1 saturated heterocycles. The molecule has 136 valence electrons. The van der Waals surface area contributed by atoms with E-state index in [-0.39, 0.29) is 29.5 Å². The molecule has 3 rings (SSSR count). The molecule has 0 spiro atoms. The van der Waals surface area contributed by atoms with E-state index in [9.17, 15) is 18.0 Å². The first kappa shape index (κ1) is 18.3. The Bertz CT molecular complexity index is 929. The summed E-state index contributed by atoms with van der Waals surface area (Å²) in [5, 5.41) is 0. The summed E-state index contributed by atoms with van der Waals surface area (Å²) in [5.41, 5.74) is 2.33. The first-order valence-corrected chi connectivity index (χ1v) is 10.1. The minimum Gasteiger partial charge on any atom is -0.465 e. The molecule has 0 bridgehead atoms. The van der Waals surface area contributed by atoms with Crippen LogP contribution in [0.2, 0.25) is 0 Å². The van der Waals surface area contributed by atoms with E-state index in [1.54, 1.807) is 18.2 Å². The van der Waals surface area contributed by atoms with Crippen molar-refractivity contribution < 1.29 is 22.7 Å². The first-order valence-electron chi connectivity index (χ1n) is 8.44. The van der Waals surface area contributed by atoms with Crippen LogP contribution in [0.1, 0.15) is 27.9 Å². The van der Waals surface area contributed by atoms with Crippen LogP contribution in [0, 0.1) is 12.8 Å². The molecule has 6 heteroatoms. The summed E-state index contributed by atoms with van der Waals surface area (Å²) < 4.78 is 29.7. The van der Waals surface area contributed by atoms with Gasteiger partial charge in [0.25, 0.3) is 0 Å². The summed E-state index contributed by atoms with van der Waals surface area (Å²) in [6, 6.07) is 13.7. The highest BCUT2D eigenvalue weighted by Gasteiger charge is 2.32. The second-order valence-electron chi connectivity index (χ2n) is 6.49. The number of hydrogen-bond acceptors (Lipinski definition) is 5. The lowest BCUT2D eigenvalue weighted by molar-refractivity contribution is -0.140. The molecule has 0 aliphatic carbocycles. The molecular weight excluding hydrogens is 352 g/mol. The van der Waals surface area contributed by atoms with Gasteiger partial charge < -0.3 is 4.74 Å². The Morgan fingerprint density at radius 1 is 1.12 bits per heavy atom. The molecule has 0 saturated carbocycles. The Kier molecular flexibility index (Phi) is 5.23. The van der Waals surface area contributed by atoms with Gasteiger partial charge in [0, 0.05) is 12.0 Å². The highest BCUT2D eigenvalue weighted by Crippen LogP contribution is 2.22. The summed E-state index contributed by atoms with van der Waals surface area (Å²) in [6.45, 7) is 2.16. The molecule has 1 aliphatic rings. The molecule has 5 nitrogen and oxygen atoms in total. The number of aryl methyl sites for hydroxylation is 1.